The summed E-state index contributed by atoms with van der Waals surface area (Å²) < 4.78 is 5.71. The molecule has 0 aliphatic heterocycles. The number of nitrogens with two attached hydrogens (primary N) is 1. The Labute approximate surface area is 120 Å². The van der Waals surface area contributed by atoms with Crippen molar-refractivity contribution in [2.45, 2.75) is 11.5 Å². The summed E-state index contributed by atoms with van der Waals surface area (Å²) in [5, 5.41) is 10.8. The number of thioether (sulfide) groups is 1. The van der Waals surface area contributed by atoms with Crippen LogP contribution in [0.2, 0.25) is 0 Å². The molecule has 0 saturated carbocycles. The molecule has 2 aromatic rings. The van der Waals surface area contributed by atoms with Gasteiger partial charge in [-0.25, -0.2) is 0 Å². The number of para-hydroxylation sites is 2. The van der Waals surface area contributed by atoms with Crippen LogP contribution < -0.4 is 10.5 Å². The average Bonchev–Trinajstić information content (AvgIpc) is 2.46. The molecule has 0 bridgehead atoms. The molecule has 6 heteroatoms. The van der Waals surface area contributed by atoms with Gasteiger partial charge in [-0.3, -0.25) is 10.1 Å². The Balaban J connectivity index is 2.19. The Bertz CT molecular complexity index is 632. The molecule has 0 atom stereocenters. The third kappa shape index (κ3) is 3.03. The first kappa shape index (κ1) is 14.2. The minimum absolute atomic E-state index is 0.0933. The van der Waals surface area contributed by atoms with Gasteiger partial charge in [0.25, 0.3) is 5.69 Å². The van der Waals surface area contributed by atoms with E-state index in [0.29, 0.717) is 5.56 Å². The molecule has 5 nitrogen and oxygen atoms in total. The van der Waals surface area contributed by atoms with Crippen molar-refractivity contribution >= 4 is 23.1 Å². The van der Waals surface area contributed by atoms with Crippen LogP contribution in [0, 0.1) is 10.1 Å². The number of ether oxygens (including phenoxy) is 1. The second-order valence-corrected chi connectivity index (χ2v) is 4.89. The number of nitro benzene ring substituents is 1. The minimum atomic E-state index is -0.491. The molecule has 0 amide bonds. The molecule has 0 aliphatic rings. The SMILES string of the molecule is CSc1ccccc1OCc1cccc([N+](=O)[O-])c1N. The summed E-state index contributed by atoms with van der Waals surface area (Å²) in [6.07, 6.45) is 1.96. The quantitative estimate of drug-likeness (QED) is 0.395. The number of nitrogens with zero attached hydrogens (tertiary/aromatic N) is 1. The van der Waals surface area contributed by atoms with Gasteiger partial charge in [-0.05, 0) is 18.4 Å². The molecular weight excluding hydrogens is 276 g/mol. The Hall–Kier alpha value is -2.21. The van der Waals surface area contributed by atoms with E-state index in [0.717, 1.165) is 10.6 Å². The molecular formula is C14H14N2O3S. The van der Waals surface area contributed by atoms with Gasteiger partial charge in [-0.1, -0.05) is 24.3 Å². The van der Waals surface area contributed by atoms with Crippen molar-refractivity contribution < 1.29 is 9.66 Å². The van der Waals surface area contributed by atoms with E-state index in [9.17, 15) is 10.1 Å². The highest BCUT2D eigenvalue weighted by atomic mass is 32.2. The van der Waals surface area contributed by atoms with E-state index < -0.39 is 4.92 Å². The second-order valence-electron chi connectivity index (χ2n) is 4.05. The van der Waals surface area contributed by atoms with Gasteiger partial charge in [0.2, 0.25) is 0 Å². The first-order valence-electron chi connectivity index (χ1n) is 5.91. The van der Waals surface area contributed by atoms with Crippen molar-refractivity contribution in [3.8, 4) is 5.75 Å². The van der Waals surface area contributed by atoms with Crippen LogP contribution in [-0.4, -0.2) is 11.2 Å². The summed E-state index contributed by atoms with van der Waals surface area (Å²) in [7, 11) is 0. The highest BCUT2D eigenvalue weighted by molar-refractivity contribution is 7.98. The lowest BCUT2D eigenvalue weighted by molar-refractivity contribution is -0.384. The zero-order valence-electron chi connectivity index (χ0n) is 10.9. The Morgan fingerprint density at radius 3 is 2.70 bits per heavy atom. The van der Waals surface area contributed by atoms with E-state index in [4.69, 9.17) is 10.5 Å². The average molecular weight is 290 g/mol. The molecule has 104 valence electrons. The van der Waals surface area contributed by atoms with E-state index in [2.05, 4.69) is 0 Å². The number of benzene rings is 2. The Kier molecular flexibility index (Phi) is 4.47. The maximum absolute atomic E-state index is 10.8. The smallest absolute Gasteiger partial charge is 0.292 e. The molecule has 0 radical (unpaired) electrons. The monoisotopic (exact) mass is 290 g/mol. The van der Waals surface area contributed by atoms with E-state index in [-0.39, 0.29) is 18.0 Å². The van der Waals surface area contributed by atoms with Crippen molar-refractivity contribution in [1.82, 2.24) is 0 Å². The number of nitrogen functional groups attached to an aromatic ring is 1. The molecule has 2 N–H and O–H groups in total. The van der Waals surface area contributed by atoms with Gasteiger partial charge in [0, 0.05) is 16.5 Å². The third-order valence-corrected chi connectivity index (χ3v) is 3.60. The largest absolute Gasteiger partial charge is 0.488 e. The van der Waals surface area contributed by atoms with E-state index >= 15 is 0 Å². The number of hydrogen-bond donors (Lipinski definition) is 1. The standard InChI is InChI=1S/C14H14N2O3S/c1-20-13-8-3-2-7-12(13)19-9-10-5-4-6-11(14(10)15)16(17)18/h2-8H,9,15H2,1H3. The van der Waals surface area contributed by atoms with Gasteiger partial charge < -0.3 is 10.5 Å². The first-order valence-corrected chi connectivity index (χ1v) is 7.13. The van der Waals surface area contributed by atoms with Crippen LogP contribution in [-0.2, 0) is 6.61 Å². The predicted molar refractivity (Wildman–Crippen MR) is 80.1 cm³/mol. The second kappa shape index (κ2) is 6.29. The van der Waals surface area contributed by atoms with Crippen molar-refractivity contribution in [2.24, 2.45) is 0 Å². The lowest BCUT2D eigenvalue weighted by Gasteiger charge is -2.11. The van der Waals surface area contributed by atoms with Crippen LogP contribution in [0.4, 0.5) is 11.4 Å². The van der Waals surface area contributed by atoms with Crippen LogP contribution in [0.15, 0.2) is 47.4 Å². The highest BCUT2D eigenvalue weighted by Crippen LogP contribution is 2.30. The summed E-state index contributed by atoms with van der Waals surface area (Å²) in [6.45, 7) is 0.199. The topological polar surface area (TPSA) is 78.4 Å². The summed E-state index contributed by atoms with van der Waals surface area (Å²) >= 11 is 1.58. The van der Waals surface area contributed by atoms with Gasteiger partial charge in [-0.2, -0.15) is 0 Å². The molecule has 0 unspecified atom stereocenters. The molecule has 20 heavy (non-hydrogen) atoms. The van der Waals surface area contributed by atoms with Gasteiger partial charge >= 0.3 is 0 Å². The molecule has 0 heterocycles. The molecule has 2 aromatic carbocycles. The number of rotatable bonds is 5. The predicted octanol–water partition coefficient (Wildman–Crippen LogP) is 3.48. The fourth-order valence-electron chi connectivity index (χ4n) is 1.78. The van der Waals surface area contributed by atoms with Crippen molar-refractivity contribution in [3.05, 3.63) is 58.1 Å². The Morgan fingerprint density at radius 2 is 2.00 bits per heavy atom. The van der Waals surface area contributed by atoms with Crippen LogP contribution in [0.25, 0.3) is 0 Å². The molecule has 0 aliphatic carbocycles. The van der Waals surface area contributed by atoms with Crippen LogP contribution >= 0.6 is 11.8 Å². The van der Waals surface area contributed by atoms with Gasteiger partial charge in [0.05, 0.1) is 4.92 Å². The van der Waals surface area contributed by atoms with Crippen molar-refractivity contribution in [2.75, 3.05) is 12.0 Å². The zero-order chi connectivity index (χ0) is 14.5. The lowest BCUT2D eigenvalue weighted by Crippen LogP contribution is -2.03. The van der Waals surface area contributed by atoms with Crippen LogP contribution in [0.3, 0.4) is 0 Å². The van der Waals surface area contributed by atoms with E-state index in [1.807, 2.05) is 30.5 Å². The molecule has 0 saturated heterocycles. The van der Waals surface area contributed by atoms with Gasteiger partial charge in [0.15, 0.2) is 0 Å². The summed E-state index contributed by atoms with van der Waals surface area (Å²) in [5.74, 6) is 0.742. The summed E-state index contributed by atoms with van der Waals surface area (Å²) in [6, 6.07) is 12.3. The highest BCUT2D eigenvalue weighted by Gasteiger charge is 2.14. The van der Waals surface area contributed by atoms with Crippen LogP contribution in [0.5, 0.6) is 5.75 Å². The molecule has 0 spiro atoms. The fraction of sp³-hybridized carbons (Fsp3) is 0.143. The van der Waals surface area contributed by atoms with E-state index in [1.165, 1.54) is 6.07 Å². The molecule has 0 fully saturated rings. The van der Waals surface area contributed by atoms with Crippen LogP contribution in [0.1, 0.15) is 5.56 Å². The maximum atomic E-state index is 10.8. The van der Waals surface area contributed by atoms with E-state index in [1.54, 1.807) is 23.9 Å². The van der Waals surface area contributed by atoms with Crippen molar-refractivity contribution in [1.29, 1.82) is 0 Å². The van der Waals surface area contributed by atoms with Gasteiger partial charge in [0.1, 0.15) is 18.0 Å². The Morgan fingerprint density at radius 1 is 1.25 bits per heavy atom. The molecule has 2 rings (SSSR count). The maximum Gasteiger partial charge on any atom is 0.292 e. The minimum Gasteiger partial charge on any atom is -0.488 e. The number of anilines is 1. The first-order chi connectivity index (χ1) is 9.63. The number of nitro groups is 1. The van der Waals surface area contributed by atoms with Gasteiger partial charge in [-0.15, -0.1) is 11.8 Å². The zero-order valence-corrected chi connectivity index (χ0v) is 11.7. The number of hydrogen-bond acceptors (Lipinski definition) is 5. The van der Waals surface area contributed by atoms with Crippen molar-refractivity contribution in [3.63, 3.8) is 0 Å². The summed E-state index contributed by atoms with van der Waals surface area (Å²) in [4.78, 5) is 11.3. The lowest BCUT2D eigenvalue weighted by atomic mass is 10.1. The molecule has 0 aromatic heterocycles. The summed E-state index contributed by atoms with van der Waals surface area (Å²) in [5.41, 5.74) is 6.46. The fourth-order valence-corrected chi connectivity index (χ4v) is 2.32. The third-order valence-electron chi connectivity index (χ3n) is 2.82. The normalized spacial score (nSPS) is 10.2.